The highest BCUT2D eigenvalue weighted by Crippen LogP contribution is 2.16. The van der Waals surface area contributed by atoms with Crippen molar-refractivity contribution in [2.75, 3.05) is 25.4 Å². The average Bonchev–Trinajstić information content (AvgIpc) is 2.28. The summed E-state index contributed by atoms with van der Waals surface area (Å²) in [4.78, 5) is 0. The van der Waals surface area contributed by atoms with E-state index in [1.54, 1.807) is 4.31 Å². The molecule has 6 heteroatoms. The van der Waals surface area contributed by atoms with E-state index in [1.807, 2.05) is 6.92 Å². The summed E-state index contributed by atoms with van der Waals surface area (Å²) in [6.45, 7) is 8.10. The van der Waals surface area contributed by atoms with Gasteiger partial charge in [-0.3, -0.25) is 0 Å². The van der Waals surface area contributed by atoms with E-state index in [0.717, 1.165) is 12.8 Å². The summed E-state index contributed by atoms with van der Waals surface area (Å²) in [5.74, 6) is 0.752. The molecule has 1 aliphatic rings. The maximum atomic E-state index is 11.9. The van der Waals surface area contributed by atoms with Crippen LogP contribution in [0, 0.1) is 5.92 Å². The molecule has 0 aromatic carbocycles. The fourth-order valence-electron chi connectivity index (χ4n) is 2.32. The second-order valence-corrected chi connectivity index (χ2v) is 7.52. The quantitative estimate of drug-likeness (QED) is 0.736. The van der Waals surface area contributed by atoms with Gasteiger partial charge in [-0.2, -0.15) is 4.31 Å². The lowest BCUT2D eigenvalue weighted by Crippen LogP contribution is -2.51. The largest absolute Gasteiger partial charge is 0.329 e. The first-order valence-electron chi connectivity index (χ1n) is 6.81. The lowest BCUT2D eigenvalue weighted by atomic mass is 10.0. The molecular formula is C12H27N3O2S. The van der Waals surface area contributed by atoms with E-state index in [4.69, 9.17) is 5.73 Å². The summed E-state index contributed by atoms with van der Waals surface area (Å²) in [7, 11) is -3.04. The first kappa shape index (κ1) is 15.9. The Morgan fingerprint density at radius 1 is 1.28 bits per heavy atom. The molecule has 0 aliphatic carbocycles. The fraction of sp³-hybridized carbons (Fsp3) is 1.00. The van der Waals surface area contributed by atoms with Gasteiger partial charge in [-0.25, -0.2) is 8.42 Å². The summed E-state index contributed by atoms with van der Waals surface area (Å²) < 4.78 is 25.5. The van der Waals surface area contributed by atoms with Crippen LogP contribution in [0.1, 0.15) is 33.6 Å². The van der Waals surface area contributed by atoms with Crippen molar-refractivity contribution in [1.82, 2.24) is 9.62 Å². The van der Waals surface area contributed by atoms with Crippen LogP contribution in [0.3, 0.4) is 0 Å². The molecule has 18 heavy (non-hydrogen) atoms. The first-order valence-corrected chi connectivity index (χ1v) is 8.42. The molecule has 3 N–H and O–H groups in total. The van der Waals surface area contributed by atoms with Gasteiger partial charge < -0.3 is 11.1 Å². The normalized spacial score (nSPS) is 24.1. The van der Waals surface area contributed by atoms with Crippen LogP contribution in [-0.4, -0.2) is 50.2 Å². The second kappa shape index (κ2) is 6.84. The Morgan fingerprint density at radius 2 is 1.94 bits per heavy atom. The Balaban J connectivity index is 2.51. The van der Waals surface area contributed by atoms with E-state index >= 15 is 0 Å². The van der Waals surface area contributed by atoms with Crippen molar-refractivity contribution in [2.24, 2.45) is 11.7 Å². The molecule has 0 amide bonds. The minimum absolute atomic E-state index is 0.00287. The highest BCUT2D eigenvalue weighted by atomic mass is 32.2. The summed E-state index contributed by atoms with van der Waals surface area (Å²) in [6, 6.07) is 0.253. The van der Waals surface area contributed by atoms with Crippen LogP contribution in [0.4, 0.5) is 0 Å². The summed E-state index contributed by atoms with van der Waals surface area (Å²) in [6.07, 6.45) is 1.75. The third-order valence-electron chi connectivity index (χ3n) is 3.61. The molecule has 2 unspecified atom stereocenters. The Bertz CT molecular complexity index is 343. The van der Waals surface area contributed by atoms with Crippen molar-refractivity contribution in [3.8, 4) is 0 Å². The standard InChI is InChI=1S/C12H27N3O2S/c1-10(2)12(8-13)14-9-11(3)15-6-4-5-7-18(15,16)17/h10-12,14H,4-9,13H2,1-3H3. The molecule has 0 spiro atoms. The van der Waals surface area contributed by atoms with Crippen LogP contribution in [0.5, 0.6) is 0 Å². The SMILES string of the molecule is CC(C)C(CN)NCC(C)N1CCCCS1(=O)=O. The number of nitrogens with two attached hydrogens (primary N) is 1. The monoisotopic (exact) mass is 277 g/mol. The maximum absolute atomic E-state index is 11.9. The highest BCUT2D eigenvalue weighted by molar-refractivity contribution is 7.89. The number of hydrogen-bond acceptors (Lipinski definition) is 4. The van der Waals surface area contributed by atoms with Crippen LogP contribution in [0.15, 0.2) is 0 Å². The number of nitrogens with one attached hydrogen (secondary N) is 1. The minimum atomic E-state index is -3.04. The molecule has 0 saturated carbocycles. The molecule has 0 aromatic rings. The highest BCUT2D eigenvalue weighted by Gasteiger charge is 2.30. The van der Waals surface area contributed by atoms with Crippen molar-refractivity contribution in [1.29, 1.82) is 0 Å². The molecular weight excluding hydrogens is 250 g/mol. The number of sulfonamides is 1. The predicted molar refractivity (Wildman–Crippen MR) is 74.9 cm³/mol. The minimum Gasteiger partial charge on any atom is -0.329 e. The molecule has 0 aromatic heterocycles. The average molecular weight is 277 g/mol. The van der Waals surface area contributed by atoms with E-state index in [0.29, 0.717) is 31.3 Å². The maximum Gasteiger partial charge on any atom is 0.214 e. The van der Waals surface area contributed by atoms with Gasteiger partial charge in [0.1, 0.15) is 0 Å². The predicted octanol–water partition coefficient (Wildman–Crippen LogP) is 0.373. The lowest BCUT2D eigenvalue weighted by Gasteiger charge is -2.33. The molecule has 1 aliphatic heterocycles. The summed E-state index contributed by atoms with van der Waals surface area (Å²) in [5.41, 5.74) is 5.70. The summed E-state index contributed by atoms with van der Waals surface area (Å²) in [5, 5.41) is 3.37. The van der Waals surface area contributed by atoms with Crippen molar-refractivity contribution in [3.05, 3.63) is 0 Å². The Labute approximate surface area is 111 Å². The number of nitrogens with zero attached hydrogens (tertiary/aromatic N) is 1. The molecule has 0 bridgehead atoms. The van der Waals surface area contributed by atoms with E-state index in [2.05, 4.69) is 19.2 Å². The lowest BCUT2D eigenvalue weighted by molar-refractivity contribution is 0.288. The van der Waals surface area contributed by atoms with E-state index in [9.17, 15) is 8.42 Å². The van der Waals surface area contributed by atoms with Gasteiger partial charge in [-0.1, -0.05) is 13.8 Å². The van der Waals surface area contributed by atoms with Gasteiger partial charge in [-0.05, 0) is 25.7 Å². The number of hydrogen-bond donors (Lipinski definition) is 2. The van der Waals surface area contributed by atoms with Crippen LogP contribution >= 0.6 is 0 Å². The van der Waals surface area contributed by atoms with Crippen molar-refractivity contribution < 1.29 is 8.42 Å². The smallest absolute Gasteiger partial charge is 0.214 e. The molecule has 1 fully saturated rings. The Hall–Kier alpha value is -0.170. The van der Waals surface area contributed by atoms with E-state index < -0.39 is 10.0 Å². The van der Waals surface area contributed by atoms with Crippen molar-refractivity contribution >= 4 is 10.0 Å². The molecule has 2 atom stereocenters. The third kappa shape index (κ3) is 4.19. The van der Waals surface area contributed by atoms with E-state index in [1.165, 1.54) is 0 Å². The Morgan fingerprint density at radius 3 is 2.44 bits per heavy atom. The van der Waals surface area contributed by atoms with Gasteiger partial charge in [-0.15, -0.1) is 0 Å². The van der Waals surface area contributed by atoms with Gasteiger partial charge in [0, 0.05) is 31.7 Å². The molecule has 0 radical (unpaired) electrons. The molecule has 108 valence electrons. The van der Waals surface area contributed by atoms with Gasteiger partial charge in [0.25, 0.3) is 0 Å². The van der Waals surface area contributed by atoms with Crippen LogP contribution < -0.4 is 11.1 Å². The van der Waals surface area contributed by atoms with Crippen LogP contribution in [0.25, 0.3) is 0 Å². The summed E-state index contributed by atoms with van der Waals surface area (Å²) >= 11 is 0. The van der Waals surface area contributed by atoms with Crippen LogP contribution in [-0.2, 0) is 10.0 Å². The van der Waals surface area contributed by atoms with Crippen LogP contribution in [0.2, 0.25) is 0 Å². The first-order chi connectivity index (χ1) is 8.38. The molecule has 1 heterocycles. The van der Waals surface area contributed by atoms with E-state index in [-0.39, 0.29) is 12.1 Å². The number of rotatable bonds is 6. The topological polar surface area (TPSA) is 75.4 Å². The van der Waals surface area contributed by atoms with Crippen molar-refractivity contribution in [2.45, 2.75) is 45.7 Å². The molecule has 5 nitrogen and oxygen atoms in total. The third-order valence-corrected chi connectivity index (χ3v) is 5.68. The zero-order valence-corrected chi connectivity index (χ0v) is 12.5. The fourth-order valence-corrected chi connectivity index (χ4v) is 4.15. The van der Waals surface area contributed by atoms with Crippen molar-refractivity contribution in [3.63, 3.8) is 0 Å². The molecule has 1 saturated heterocycles. The van der Waals surface area contributed by atoms with Gasteiger partial charge in [0.15, 0.2) is 0 Å². The van der Waals surface area contributed by atoms with Gasteiger partial charge in [0.2, 0.25) is 10.0 Å². The van der Waals surface area contributed by atoms with Gasteiger partial charge >= 0.3 is 0 Å². The molecule has 1 rings (SSSR count). The zero-order chi connectivity index (χ0) is 13.8. The second-order valence-electron chi connectivity index (χ2n) is 5.48. The van der Waals surface area contributed by atoms with Gasteiger partial charge in [0.05, 0.1) is 5.75 Å². The Kier molecular flexibility index (Phi) is 6.04. The zero-order valence-electron chi connectivity index (χ0n) is 11.7.